The van der Waals surface area contributed by atoms with Crippen LogP contribution < -0.4 is 20.1 Å². The fourth-order valence-electron chi connectivity index (χ4n) is 4.22. The first-order chi connectivity index (χ1) is 15.9. The Morgan fingerprint density at radius 3 is 2.33 bits per heavy atom. The smallest absolute Gasteiger partial charge is 0.318 e. The number of piperidine rings is 1. The van der Waals surface area contributed by atoms with Crippen LogP contribution in [0.25, 0.3) is 0 Å². The number of benzene rings is 2. The van der Waals surface area contributed by atoms with Gasteiger partial charge in [-0.05, 0) is 56.4 Å². The fraction of sp³-hybridized carbons (Fsp3) is 0.462. The molecule has 33 heavy (non-hydrogen) atoms. The van der Waals surface area contributed by atoms with Gasteiger partial charge in [-0.25, -0.2) is 4.79 Å². The average Bonchev–Trinajstić information content (AvgIpc) is 2.83. The average molecular weight is 454 g/mol. The summed E-state index contributed by atoms with van der Waals surface area (Å²) in [7, 11) is 3.13. The summed E-state index contributed by atoms with van der Waals surface area (Å²) >= 11 is 0. The highest BCUT2D eigenvalue weighted by atomic mass is 16.5. The molecule has 7 nitrogen and oxygen atoms in total. The van der Waals surface area contributed by atoms with Crippen molar-refractivity contribution in [2.24, 2.45) is 5.92 Å². The molecule has 3 amide bonds. The van der Waals surface area contributed by atoms with Crippen molar-refractivity contribution >= 4 is 17.6 Å². The van der Waals surface area contributed by atoms with Crippen LogP contribution in [0.1, 0.15) is 50.8 Å². The van der Waals surface area contributed by atoms with Gasteiger partial charge in [0.05, 0.1) is 26.2 Å². The van der Waals surface area contributed by atoms with Crippen LogP contribution in [0.15, 0.2) is 42.5 Å². The molecule has 2 atom stereocenters. The first-order valence-electron chi connectivity index (χ1n) is 11.5. The van der Waals surface area contributed by atoms with Crippen molar-refractivity contribution in [3.05, 3.63) is 53.6 Å². The van der Waals surface area contributed by atoms with E-state index in [9.17, 15) is 9.59 Å². The Kier molecular flexibility index (Phi) is 8.20. The van der Waals surface area contributed by atoms with E-state index < -0.39 is 0 Å². The summed E-state index contributed by atoms with van der Waals surface area (Å²) in [6, 6.07) is 13.5. The third-order valence-corrected chi connectivity index (χ3v) is 6.05. The molecule has 3 rings (SSSR count). The molecule has 1 heterocycles. The topological polar surface area (TPSA) is 79.9 Å². The summed E-state index contributed by atoms with van der Waals surface area (Å²) in [6.45, 7) is 6.36. The van der Waals surface area contributed by atoms with Gasteiger partial charge in [-0.3, -0.25) is 4.79 Å². The second-order valence-corrected chi connectivity index (χ2v) is 8.70. The van der Waals surface area contributed by atoms with Crippen molar-refractivity contribution in [3.8, 4) is 11.5 Å². The fourth-order valence-corrected chi connectivity index (χ4v) is 4.22. The second-order valence-electron chi connectivity index (χ2n) is 8.70. The number of rotatable bonds is 7. The molecule has 0 aliphatic carbocycles. The maximum absolute atomic E-state index is 13.1. The van der Waals surface area contributed by atoms with Crippen LogP contribution in [0, 0.1) is 5.92 Å². The highest BCUT2D eigenvalue weighted by Gasteiger charge is 2.36. The van der Waals surface area contributed by atoms with Crippen LogP contribution in [-0.4, -0.2) is 43.6 Å². The zero-order valence-electron chi connectivity index (χ0n) is 20.2. The molecule has 2 aromatic rings. The van der Waals surface area contributed by atoms with Gasteiger partial charge in [0.1, 0.15) is 0 Å². The molecule has 0 radical (unpaired) electrons. The summed E-state index contributed by atoms with van der Waals surface area (Å²) in [5.74, 6) is 0.737. The van der Waals surface area contributed by atoms with Crippen molar-refractivity contribution in [3.63, 3.8) is 0 Å². The van der Waals surface area contributed by atoms with Crippen LogP contribution in [0.5, 0.6) is 11.5 Å². The molecule has 0 bridgehead atoms. The second kappa shape index (κ2) is 11.1. The number of anilines is 1. The van der Waals surface area contributed by atoms with E-state index in [4.69, 9.17) is 9.47 Å². The molecule has 2 aromatic carbocycles. The molecular weight excluding hydrogens is 418 g/mol. The predicted octanol–water partition coefficient (Wildman–Crippen LogP) is 4.78. The van der Waals surface area contributed by atoms with E-state index in [1.807, 2.05) is 18.7 Å². The van der Waals surface area contributed by atoms with E-state index in [0.29, 0.717) is 30.2 Å². The Balaban J connectivity index is 1.77. The van der Waals surface area contributed by atoms with E-state index >= 15 is 0 Å². The Bertz CT molecular complexity index is 959. The van der Waals surface area contributed by atoms with Crippen LogP contribution >= 0.6 is 0 Å². The molecule has 1 aliphatic rings. The van der Waals surface area contributed by atoms with E-state index in [2.05, 4.69) is 41.8 Å². The lowest BCUT2D eigenvalue weighted by atomic mass is 9.88. The minimum Gasteiger partial charge on any atom is -0.493 e. The molecule has 7 heteroatoms. The third kappa shape index (κ3) is 5.97. The highest BCUT2D eigenvalue weighted by molar-refractivity contribution is 5.93. The maximum Gasteiger partial charge on any atom is 0.318 e. The number of nitrogens with one attached hydrogen (secondary N) is 2. The molecule has 1 saturated heterocycles. The van der Waals surface area contributed by atoms with Crippen LogP contribution in [0.2, 0.25) is 0 Å². The minimum absolute atomic E-state index is 0.0154. The number of aryl methyl sites for hydroxylation is 1. The Hall–Kier alpha value is -3.22. The van der Waals surface area contributed by atoms with Crippen LogP contribution in [0.3, 0.4) is 0 Å². The van der Waals surface area contributed by atoms with Gasteiger partial charge < -0.3 is 25.0 Å². The largest absolute Gasteiger partial charge is 0.493 e. The van der Waals surface area contributed by atoms with Gasteiger partial charge in [0.2, 0.25) is 5.91 Å². The van der Waals surface area contributed by atoms with E-state index in [-0.39, 0.29) is 29.9 Å². The summed E-state index contributed by atoms with van der Waals surface area (Å²) in [4.78, 5) is 28.0. The summed E-state index contributed by atoms with van der Waals surface area (Å²) in [5.41, 5.74) is 3.00. The molecule has 0 saturated carbocycles. The third-order valence-electron chi connectivity index (χ3n) is 6.05. The van der Waals surface area contributed by atoms with Crippen molar-refractivity contribution in [2.75, 3.05) is 26.1 Å². The molecule has 0 aromatic heterocycles. The Labute approximate surface area is 196 Å². The number of carbonyl (C=O) groups excluding carboxylic acids is 2. The van der Waals surface area contributed by atoms with Gasteiger partial charge >= 0.3 is 6.03 Å². The summed E-state index contributed by atoms with van der Waals surface area (Å²) < 4.78 is 10.6. The molecule has 0 unspecified atom stereocenters. The molecule has 1 fully saturated rings. The van der Waals surface area contributed by atoms with Gasteiger partial charge in [0.15, 0.2) is 11.5 Å². The Morgan fingerprint density at radius 1 is 1.03 bits per heavy atom. The number of urea groups is 1. The maximum atomic E-state index is 13.1. The van der Waals surface area contributed by atoms with Gasteiger partial charge in [-0.1, -0.05) is 31.2 Å². The van der Waals surface area contributed by atoms with Crippen molar-refractivity contribution in [1.82, 2.24) is 10.2 Å². The minimum atomic E-state index is -0.304. The van der Waals surface area contributed by atoms with Crippen LogP contribution in [-0.2, 0) is 11.2 Å². The lowest BCUT2D eigenvalue weighted by Gasteiger charge is -2.39. The standard InChI is InChI=1S/C26H35N3O4/c1-6-18-7-9-19(10-8-18)22-13-11-20(16-29(22)26(31)27-17(2)3)25(30)28-21-12-14-23(32-4)24(15-21)33-5/h7-10,12,14-15,17,20,22H,6,11,13,16H2,1-5H3,(H,27,31)(H,28,30)/t20-,22+/m1/s1. The molecule has 178 valence electrons. The van der Waals surface area contributed by atoms with Crippen molar-refractivity contribution < 1.29 is 19.1 Å². The molecule has 1 aliphatic heterocycles. The number of hydrogen-bond donors (Lipinski definition) is 2. The van der Waals surface area contributed by atoms with Gasteiger partial charge in [-0.2, -0.15) is 0 Å². The lowest BCUT2D eigenvalue weighted by Crippen LogP contribution is -2.50. The molecule has 0 spiro atoms. The SMILES string of the molecule is CCc1ccc([C@@H]2CC[C@@H](C(=O)Nc3ccc(OC)c(OC)c3)CN2C(=O)NC(C)C)cc1. The highest BCUT2D eigenvalue weighted by Crippen LogP contribution is 2.35. The number of amides is 3. The first kappa shape index (κ1) is 24.4. The molecular formula is C26H35N3O4. The first-order valence-corrected chi connectivity index (χ1v) is 11.5. The van der Waals surface area contributed by atoms with Gasteiger partial charge in [0, 0.05) is 24.3 Å². The summed E-state index contributed by atoms with van der Waals surface area (Å²) in [5, 5.41) is 5.97. The van der Waals surface area contributed by atoms with Crippen LogP contribution in [0.4, 0.5) is 10.5 Å². The Morgan fingerprint density at radius 2 is 1.73 bits per heavy atom. The zero-order valence-corrected chi connectivity index (χ0v) is 20.2. The van der Waals surface area contributed by atoms with Gasteiger partial charge in [0.25, 0.3) is 0 Å². The number of methoxy groups -OCH3 is 2. The number of likely N-dealkylation sites (tertiary alicyclic amines) is 1. The van der Waals surface area contributed by atoms with Crippen molar-refractivity contribution in [1.29, 1.82) is 0 Å². The number of ether oxygens (including phenoxy) is 2. The molecule has 2 N–H and O–H groups in total. The predicted molar refractivity (Wildman–Crippen MR) is 130 cm³/mol. The normalized spacial score (nSPS) is 18.1. The summed E-state index contributed by atoms with van der Waals surface area (Å²) in [6.07, 6.45) is 2.40. The van der Waals surface area contributed by atoms with E-state index in [1.165, 1.54) is 5.56 Å². The number of hydrogen-bond acceptors (Lipinski definition) is 4. The van der Waals surface area contributed by atoms with E-state index in [1.54, 1.807) is 32.4 Å². The monoisotopic (exact) mass is 453 g/mol. The van der Waals surface area contributed by atoms with E-state index in [0.717, 1.165) is 18.4 Å². The zero-order chi connectivity index (χ0) is 24.0. The van der Waals surface area contributed by atoms with Crippen molar-refractivity contribution in [2.45, 2.75) is 52.1 Å². The van der Waals surface area contributed by atoms with Gasteiger partial charge in [-0.15, -0.1) is 0 Å². The lowest BCUT2D eigenvalue weighted by molar-refractivity contribution is -0.121. The number of carbonyl (C=O) groups is 2. The quantitative estimate of drug-likeness (QED) is 0.633. The number of nitrogens with zero attached hydrogens (tertiary/aromatic N) is 1.